The molecule has 21 heavy (non-hydrogen) atoms. The maximum absolute atomic E-state index is 12.9. The van der Waals surface area contributed by atoms with Crippen LogP contribution in [0, 0.1) is 0 Å². The van der Waals surface area contributed by atoms with Crippen LogP contribution in [0.15, 0.2) is 18.2 Å². The number of nitrogens with two attached hydrogens (primary N) is 1. The summed E-state index contributed by atoms with van der Waals surface area (Å²) in [5, 5.41) is 0. The van der Waals surface area contributed by atoms with Crippen LogP contribution in [0.4, 0.5) is 13.2 Å². The van der Waals surface area contributed by atoms with E-state index in [2.05, 4.69) is 6.92 Å². The lowest BCUT2D eigenvalue weighted by Gasteiger charge is -2.17. The zero-order valence-electron chi connectivity index (χ0n) is 12.7. The van der Waals surface area contributed by atoms with E-state index in [9.17, 15) is 13.2 Å². The Bertz CT molecular complexity index is 432. The number of halogens is 3. The van der Waals surface area contributed by atoms with Gasteiger partial charge in [-0.3, -0.25) is 0 Å². The van der Waals surface area contributed by atoms with Gasteiger partial charge in [-0.25, -0.2) is 0 Å². The van der Waals surface area contributed by atoms with Gasteiger partial charge in [-0.15, -0.1) is 0 Å². The van der Waals surface area contributed by atoms with E-state index < -0.39 is 11.7 Å². The van der Waals surface area contributed by atoms with Gasteiger partial charge < -0.3 is 10.5 Å². The molecule has 0 spiro atoms. The van der Waals surface area contributed by atoms with Gasteiger partial charge in [0.25, 0.3) is 0 Å². The summed E-state index contributed by atoms with van der Waals surface area (Å²) < 4.78 is 44.4. The van der Waals surface area contributed by atoms with Crippen molar-refractivity contribution in [3.8, 4) is 5.75 Å². The number of benzene rings is 1. The quantitative estimate of drug-likeness (QED) is 0.693. The van der Waals surface area contributed by atoms with Crippen molar-refractivity contribution in [2.75, 3.05) is 0 Å². The lowest BCUT2D eigenvalue weighted by molar-refractivity contribution is -0.138. The Hall–Kier alpha value is -1.23. The summed E-state index contributed by atoms with van der Waals surface area (Å²) >= 11 is 0. The minimum Gasteiger partial charge on any atom is -0.491 e. The minimum atomic E-state index is -4.40. The second-order valence-corrected chi connectivity index (χ2v) is 5.30. The topological polar surface area (TPSA) is 35.2 Å². The number of unbranched alkanes of at least 4 members (excludes halogenated alkanes) is 3. The molecule has 1 unspecified atom stereocenters. The third-order valence-corrected chi connectivity index (χ3v) is 3.41. The van der Waals surface area contributed by atoms with Gasteiger partial charge in [0.05, 0.1) is 11.7 Å². The van der Waals surface area contributed by atoms with Gasteiger partial charge in [0, 0.05) is 6.54 Å². The Labute approximate surface area is 124 Å². The van der Waals surface area contributed by atoms with Crippen LogP contribution in [0.2, 0.25) is 0 Å². The molecule has 1 aromatic rings. The molecule has 1 aromatic carbocycles. The first kappa shape index (κ1) is 17.8. The zero-order chi connectivity index (χ0) is 15.9. The number of hydrogen-bond donors (Lipinski definition) is 1. The second-order valence-electron chi connectivity index (χ2n) is 5.30. The van der Waals surface area contributed by atoms with Gasteiger partial charge >= 0.3 is 6.18 Å². The van der Waals surface area contributed by atoms with E-state index in [1.807, 2.05) is 6.92 Å². The van der Waals surface area contributed by atoms with Crippen LogP contribution in [0.1, 0.15) is 57.1 Å². The van der Waals surface area contributed by atoms with Crippen molar-refractivity contribution < 1.29 is 17.9 Å². The van der Waals surface area contributed by atoms with E-state index in [4.69, 9.17) is 10.5 Å². The van der Waals surface area contributed by atoms with Crippen LogP contribution in [0.3, 0.4) is 0 Å². The van der Waals surface area contributed by atoms with Crippen molar-refractivity contribution in [2.45, 2.75) is 64.8 Å². The molecule has 120 valence electrons. The van der Waals surface area contributed by atoms with Gasteiger partial charge in [-0.05, 0) is 37.5 Å². The molecule has 0 aliphatic rings. The van der Waals surface area contributed by atoms with Crippen LogP contribution < -0.4 is 10.5 Å². The third-order valence-electron chi connectivity index (χ3n) is 3.41. The van der Waals surface area contributed by atoms with Gasteiger partial charge in [0.1, 0.15) is 5.75 Å². The SMILES string of the molecule is CCCCCCC(C)Oc1ccc(CN)c(C(F)(F)F)c1. The summed E-state index contributed by atoms with van der Waals surface area (Å²) in [5.74, 6) is 0.252. The average molecular weight is 303 g/mol. The summed E-state index contributed by atoms with van der Waals surface area (Å²) in [7, 11) is 0. The van der Waals surface area contributed by atoms with Crippen LogP contribution in [-0.2, 0) is 12.7 Å². The van der Waals surface area contributed by atoms with E-state index in [-0.39, 0.29) is 24.0 Å². The molecule has 1 rings (SSSR count). The summed E-state index contributed by atoms with van der Waals surface area (Å²) in [6.45, 7) is 3.88. The Morgan fingerprint density at radius 2 is 1.90 bits per heavy atom. The molecular formula is C16H24F3NO. The molecule has 1 atom stereocenters. The minimum absolute atomic E-state index is 0.0884. The molecule has 0 aliphatic carbocycles. The third kappa shape index (κ3) is 5.96. The van der Waals surface area contributed by atoms with E-state index in [1.54, 1.807) is 6.07 Å². The van der Waals surface area contributed by atoms with E-state index in [0.717, 1.165) is 31.7 Å². The molecule has 0 heterocycles. The van der Waals surface area contributed by atoms with Gasteiger partial charge in [0.2, 0.25) is 0 Å². The number of ether oxygens (including phenoxy) is 1. The van der Waals surface area contributed by atoms with Crippen molar-refractivity contribution in [1.29, 1.82) is 0 Å². The molecule has 0 radical (unpaired) electrons. The molecular weight excluding hydrogens is 279 g/mol. The Balaban J connectivity index is 2.67. The van der Waals surface area contributed by atoms with Crippen molar-refractivity contribution in [1.82, 2.24) is 0 Å². The van der Waals surface area contributed by atoms with Gasteiger partial charge in [0.15, 0.2) is 0 Å². The highest BCUT2D eigenvalue weighted by Crippen LogP contribution is 2.34. The highest BCUT2D eigenvalue weighted by atomic mass is 19.4. The first-order chi connectivity index (χ1) is 9.88. The van der Waals surface area contributed by atoms with Gasteiger partial charge in [-0.2, -0.15) is 13.2 Å². The predicted molar refractivity (Wildman–Crippen MR) is 78.2 cm³/mol. The number of alkyl halides is 3. The fourth-order valence-electron chi connectivity index (χ4n) is 2.22. The normalized spacial score (nSPS) is 13.2. The maximum Gasteiger partial charge on any atom is 0.416 e. The summed E-state index contributed by atoms with van der Waals surface area (Å²) in [4.78, 5) is 0. The van der Waals surface area contributed by atoms with Crippen molar-refractivity contribution >= 4 is 0 Å². The smallest absolute Gasteiger partial charge is 0.416 e. The summed E-state index contributed by atoms with van der Waals surface area (Å²) in [5.41, 5.74) is 4.73. The predicted octanol–water partition coefficient (Wildman–Crippen LogP) is 4.90. The second kappa shape index (κ2) is 8.27. The standard InChI is InChI=1S/C16H24F3NO/c1-3-4-5-6-7-12(2)21-14-9-8-13(11-20)15(10-14)16(17,18)19/h8-10,12H,3-7,11,20H2,1-2H3. The lowest BCUT2D eigenvalue weighted by Crippen LogP contribution is -2.15. The van der Waals surface area contributed by atoms with E-state index in [1.165, 1.54) is 12.5 Å². The fourth-order valence-corrected chi connectivity index (χ4v) is 2.22. The Morgan fingerprint density at radius 1 is 1.19 bits per heavy atom. The molecule has 5 heteroatoms. The first-order valence-corrected chi connectivity index (χ1v) is 7.45. The monoisotopic (exact) mass is 303 g/mol. The maximum atomic E-state index is 12.9. The molecule has 2 N–H and O–H groups in total. The Kier molecular flexibility index (Phi) is 7.02. The molecule has 0 saturated carbocycles. The molecule has 0 amide bonds. The van der Waals surface area contributed by atoms with Crippen LogP contribution in [0.25, 0.3) is 0 Å². The van der Waals surface area contributed by atoms with Crippen LogP contribution in [-0.4, -0.2) is 6.10 Å². The Morgan fingerprint density at radius 3 is 2.48 bits per heavy atom. The first-order valence-electron chi connectivity index (χ1n) is 7.45. The summed E-state index contributed by atoms with van der Waals surface area (Å²) in [6.07, 6.45) is 0.845. The molecule has 0 bridgehead atoms. The van der Waals surface area contributed by atoms with Gasteiger partial charge in [-0.1, -0.05) is 32.3 Å². The molecule has 0 aromatic heterocycles. The van der Waals surface area contributed by atoms with Crippen LogP contribution >= 0.6 is 0 Å². The highest BCUT2D eigenvalue weighted by molar-refractivity contribution is 5.37. The zero-order valence-corrected chi connectivity index (χ0v) is 12.7. The molecule has 0 fully saturated rings. The van der Waals surface area contributed by atoms with Crippen molar-refractivity contribution in [3.63, 3.8) is 0 Å². The summed E-state index contributed by atoms with van der Waals surface area (Å²) in [6, 6.07) is 3.99. The van der Waals surface area contributed by atoms with Crippen LogP contribution in [0.5, 0.6) is 5.75 Å². The highest BCUT2D eigenvalue weighted by Gasteiger charge is 2.33. The molecule has 2 nitrogen and oxygen atoms in total. The fraction of sp³-hybridized carbons (Fsp3) is 0.625. The van der Waals surface area contributed by atoms with Crippen molar-refractivity contribution in [2.24, 2.45) is 5.73 Å². The van der Waals surface area contributed by atoms with E-state index in [0.29, 0.717) is 0 Å². The average Bonchev–Trinajstić information content (AvgIpc) is 2.42. The van der Waals surface area contributed by atoms with Crippen molar-refractivity contribution in [3.05, 3.63) is 29.3 Å². The van der Waals surface area contributed by atoms with E-state index >= 15 is 0 Å². The lowest BCUT2D eigenvalue weighted by atomic mass is 10.1. The number of hydrogen-bond acceptors (Lipinski definition) is 2. The molecule has 0 aliphatic heterocycles. The largest absolute Gasteiger partial charge is 0.491 e. The molecule has 0 saturated heterocycles. The number of rotatable bonds is 8.